The maximum Gasteiger partial charge on any atom is 0.161 e. The van der Waals surface area contributed by atoms with Crippen LogP contribution in [0.15, 0.2) is 30.6 Å². The summed E-state index contributed by atoms with van der Waals surface area (Å²) < 4.78 is 0. The highest BCUT2D eigenvalue weighted by molar-refractivity contribution is 5.91. The summed E-state index contributed by atoms with van der Waals surface area (Å²) in [4.78, 5) is 13.0. The van der Waals surface area contributed by atoms with Gasteiger partial charge in [-0.25, -0.2) is 15.0 Å². The number of aromatic nitrogens is 3. The Morgan fingerprint density at radius 3 is 2.81 bits per heavy atom. The lowest BCUT2D eigenvalue weighted by Gasteiger charge is -2.05. The summed E-state index contributed by atoms with van der Waals surface area (Å²) in [5.74, 6) is 0. The van der Waals surface area contributed by atoms with E-state index in [9.17, 15) is 0 Å². The molecular formula is C13H11N3. The van der Waals surface area contributed by atoms with Crippen LogP contribution >= 0.6 is 0 Å². The van der Waals surface area contributed by atoms with Crippen LogP contribution in [0.25, 0.3) is 22.1 Å². The van der Waals surface area contributed by atoms with Crippen LogP contribution in [0.5, 0.6) is 0 Å². The molecule has 0 saturated carbocycles. The van der Waals surface area contributed by atoms with Crippen LogP contribution in [-0.4, -0.2) is 15.0 Å². The molecule has 0 unspecified atom stereocenters. The zero-order valence-electron chi connectivity index (χ0n) is 9.23. The van der Waals surface area contributed by atoms with Gasteiger partial charge in [-0.15, -0.1) is 0 Å². The van der Waals surface area contributed by atoms with Crippen LogP contribution in [0.3, 0.4) is 0 Å². The molecule has 0 N–H and O–H groups in total. The van der Waals surface area contributed by atoms with Gasteiger partial charge in [0.15, 0.2) is 11.3 Å². The van der Waals surface area contributed by atoms with Crippen LogP contribution < -0.4 is 0 Å². The van der Waals surface area contributed by atoms with Gasteiger partial charge in [0.2, 0.25) is 0 Å². The summed E-state index contributed by atoms with van der Waals surface area (Å²) >= 11 is 0. The van der Waals surface area contributed by atoms with E-state index in [1.807, 2.05) is 18.3 Å². The maximum absolute atomic E-state index is 4.46. The highest BCUT2D eigenvalue weighted by Gasteiger charge is 2.05. The lowest BCUT2D eigenvalue weighted by molar-refractivity contribution is 1.22. The molecule has 0 radical (unpaired) electrons. The molecular weight excluding hydrogens is 198 g/mol. The van der Waals surface area contributed by atoms with Crippen molar-refractivity contribution in [1.29, 1.82) is 0 Å². The topological polar surface area (TPSA) is 38.7 Å². The Kier molecular flexibility index (Phi) is 1.86. The van der Waals surface area contributed by atoms with Crippen molar-refractivity contribution >= 4 is 22.1 Å². The maximum atomic E-state index is 4.46. The molecule has 3 heteroatoms. The van der Waals surface area contributed by atoms with Crippen molar-refractivity contribution in [3.8, 4) is 0 Å². The quantitative estimate of drug-likeness (QED) is 0.534. The Balaban J connectivity index is 2.51. The first kappa shape index (κ1) is 9.21. The van der Waals surface area contributed by atoms with Gasteiger partial charge in [0, 0.05) is 23.2 Å². The van der Waals surface area contributed by atoms with Crippen molar-refractivity contribution < 1.29 is 0 Å². The summed E-state index contributed by atoms with van der Waals surface area (Å²) in [6, 6.07) is 6.06. The van der Waals surface area contributed by atoms with E-state index in [0.717, 1.165) is 22.1 Å². The number of nitrogens with zero attached hydrogens (tertiary/aromatic N) is 3. The number of hydrogen-bond donors (Lipinski definition) is 0. The van der Waals surface area contributed by atoms with Gasteiger partial charge in [-0.2, -0.15) is 0 Å². The summed E-state index contributed by atoms with van der Waals surface area (Å²) in [5.41, 5.74) is 3.96. The molecule has 0 aromatic carbocycles. The normalized spacial score (nSPS) is 11.1. The molecule has 0 fully saturated rings. The summed E-state index contributed by atoms with van der Waals surface area (Å²) in [6.45, 7) is 4.17. The molecule has 3 aromatic rings. The van der Waals surface area contributed by atoms with Crippen molar-refractivity contribution in [2.45, 2.75) is 13.8 Å². The molecule has 3 heterocycles. The second-order valence-electron chi connectivity index (χ2n) is 3.98. The third-order valence-electron chi connectivity index (χ3n) is 2.95. The van der Waals surface area contributed by atoms with Crippen molar-refractivity contribution in [2.75, 3.05) is 0 Å². The van der Waals surface area contributed by atoms with Gasteiger partial charge in [-0.05, 0) is 43.2 Å². The van der Waals surface area contributed by atoms with E-state index in [4.69, 9.17) is 0 Å². The Morgan fingerprint density at radius 1 is 1.06 bits per heavy atom. The number of fused-ring (bicyclic) bond motifs is 2. The second kappa shape index (κ2) is 3.23. The molecule has 0 aliphatic heterocycles. The number of pyridine rings is 3. The van der Waals surface area contributed by atoms with Crippen molar-refractivity contribution in [1.82, 2.24) is 15.0 Å². The smallest absolute Gasteiger partial charge is 0.161 e. The standard InChI is InChI=1S/C13H11N3/c1-8-7-15-13-11(9(8)2)6-10-4-3-5-14-12(10)16-13/h3-7H,1-2H3. The Bertz CT molecular complexity index is 689. The Morgan fingerprint density at radius 2 is 1.94 bits per heavy atom. The highest BCUT2D eigenvalue weighted by atomic mass is 14.9. The fourth-order valence-corrected chi connectivity index (χ4v) is 1.84. The molecule has 16 heavy (non-hydrogen) atoms. The summed E-state index contributed by atoms with van der Waals surface area (Å²) in [6.07, 6.45) is 3.61. The first-order valence-electron chi connectivity index (χ1n) is 5.23. The predicted molar refractivity (Wildman–Crippen MR) is 64.3 cm³/mol. The zero-order valence-corrected chi connectivity index (χ0v) is 9.23. The van der Waals surface area contributed by atoms with E-state index >= 15 is 0 Å². The Hall–Kier alpha value is -2.03. The van der Waals surface area contributed by atoms with Gasteiger partial charge < -0.3 is 0 Å². The average Bonchev–Trinajstić information content (AvgIpc) is 2.32. The van der Waals surface area contributed by atoms with E-state index in [1.54, 1.807) is 6.20 Å². The van der Waals surface area contributed by atoms with Crippen molar-refractivity contribution in [3.63, 3.8) is 0 Å². The number of rotatable bonds is 0. The molecule has 0 saturated heterocycles. The second-order valence-corrected chi connectivity index (χ2v) is 3.98. The SMILES string of the molecule is Cc1cnc2nc3ncccc3cc2c1C. The first-order chi connectivity index (χ1) is 7.75. The monoisotopic (exact) mass is 209 g/mol. The van der Waals surface area contributed by atoms with Gasteiger partial charge in [0.05, 0.1) is 0 Å². The lowest BCUT2D eigenvalue weighted by Crippen LogP contribution is -1.92. The summed E-state index contributed by atoms with van der Waals surface area (Å²) in [5, 5.41) is 2.17. The molecule has 0 atom stereocenters. The molecule has 3 aromatic heterocycles. The van der Waals surface area contributed by atoms with Gasteiger partial charge in [-0.1, -0.05) is 0 Å². The van der Waals surface area contributed by atoms with E-state index in [-0.39, 0.29) is 0 Å². The largest absolute Gasteiger partial charge is 0.237 e. The van der Waals surface area contributed by atoms with E-state index in [2.05, 4.69) is 34.9 Å². The molecule has 3 rings (SSSR count). The van der Waals surface area contributed by atoms with Crippen LogP contribution in [0, 0.1) is 13.8 Å². The average molecular weight is 209 g/mol. The van der Waals surface area contributed by atoms with Crippen LogP contribution in [0.4, 0.5) is 0 Å². The number of hydrogen-bond acceptors (Lipinski definition) is 3. The number of aryl methyl sites for hydroxylation is 2. The molecule has 3 nitrogen and oxygen atoms in total. The van der Waals surface area contributed by atoms with Gasteiger partial charge in [-0.3, -0.25) is 0 Å². The molecule has 0 aliphatic carbocycles. The van der Waals surface area contributed by atoms with E-state index in [1.165, 1.54) is 11.1 Å². The fourth-order valence-electron chi connectivity index (χ4n) is 1.84. The van der Waals surface area contributed by atoms with Crippen LogP contribution in [0.2, 0.25) is 0 Å². The van der Waals surface area contributed by atoms with Crippen LogP contribution in [0.1, 0.15) is 11.1 Å². The minimum Gasteiger partial charge on any atom is -0.237 e. The third-order valence-corrected chi connectivity index (χ3v) is 2.95. The fraction of sp³-hybridized carbons (Fsp3) is 0.154. The molecule has 78 valence electrons. The van der Waals surface area contributed by atoms with Crippen LogP contribution in [-0.2, 0) is 0 Å². The summed E-state index contributed by atoms with van der Waals surface area (Å²) in [7, 11) is 0. The Labute approximate surface area is 93.2 Å². The van der Waals surface area contributed by atoms with Gasteiger partial charge in [0.25, 0.3) is 0 Å². The minimum absolute atomic E-state index is 0.755. The van der Waals surface area contributed by atoms with Crippen molar-refractivity contribution in [2.24, 2.45) is 0 Å². The lowest BCUT2D eigenvalue weighted by atomic mass is 10.1. The minimum atomic E-state index is 0.755. The first-order valence-corrected chi connectivity index (χ1v) is 5.23. The van der Waals surface area contributed by atoms with Gasteiger partial charge >= 0.3 is 0 Å². The molecule has 0 bridgehead atoms. The molecule has 0 aliphatic rings. The van der Waals surface area contributed by atoms with Gasteiger partial charge in [0.1, 0.15) is 0 Å². The third kappa shape index (κ3) is 1.25. The molecule has 0 spiro atoms. The predicted octanol–water partition coefficient (Wildman–Crippen LogP) is 2.79. The van der Waals surface area contributed by atoms with E-state index in [0.29, 0.717) is 0 Å². The van der Waals surface area contributed by atoms with E-state index < -0.39 is 0 Å². The van der Waals surface area contributed by atoms with Crippen molar-refractivity contribution in [3.05, 3.63) is 41.7 Å². The molecule has 0 amide bonds. The highest BCUT2D eigenvalue weighted by Crippen LogP contribution is 2.21. The zero-order chi connectivity index (χ0) is 11.1.